The van der Waals surface area contributed by atoms with E-state index in [-0.39, 0.29) is 21.7 Å². The van der Waals surface area contributed by atoms with Crippen LogP contribution in [0.3, 0.4) is 0 Å². The summed E-state index contributed by atoms with van der Waals surface area (Å²) in [5.41, 5.74) is 32.7. The highest BCUT2D eigenvalue weighted by atomic mass is 15.1. The van der Waals surface area contributed by atoms with Gasteiger partial charge in [0, 0.05) is 55.8 Å². The molecule has 2 heteroatoms. The molecule has 0 bridgehead atoms. The van der Waals surface area contributed by atoms with Crippen molar-refractivity contribution in [1.82, 2.24) is 0 Å². The first-order chi connectivity index (χ1) is 42.6. The highest BCUT2D eigenvalue weighted by molar-refractivity contribution is 6.00. The predicted octanol–water partition coefficient (Wildman–Crippen LogP) is 23.3. The molecule has 2 nitrogen and oxygen atoms in total. The summed E-state index contributed by atoms with van der Waals surface area (Å²) in [6, 6.07) is 95.4. The summed E-state index contributed by atoms with van der Waals surface area (Å²) in [5.74, 6) is 0. The van der Waals surface area contributed by atoms with E-state index in [1.165, 1.54) is 133 Å². The van der Waals surface area contributed by atoms with Gasteiger partial charge in [-0.15, -0.1) is 0 Å². The van der Waals surface area contributed by atoms with E-state index in [9.17, 15) is 0 Å². The molecule has 0 atom stereocenters. The predicted molar refractivity (Wildman–Crippen MR) is 374 cm³/mol. The van der Waals surface area contributed by atoms with Crippen molar-refractivity contribution in [3.8, 4) is 44.5 Å². The molecule has 0 spiro atoms. The van der Waals surface area contributed by atoms with Gasteiger partial charge in [0.2, 0.25) is 0 Å². The third kappa shape index (κ3) is 8.22. The first-order valence-electron chi connectivity index (χ1n) is 31.3. The molecule has 0 N–H and O–H groups in total. The van der Waals surface area contributed by atoms with Gasteiger partial charge in [0.05, 0.1) is 0 Å². The topological polar surface area (TPSA) is 6.48 Å². The Balaban J connectivity index is 0.662. The lowest BCUT2D eigenvalue weighted by Crippen LogP contribution is -2.18. The maximum Gasteiger partial charge on any atom is 0.0465 e. The standard InChI is InChI=1S/C86H70N2/c1-83(2)75-31-17-15-27-67(75)71-45-39-61(51-79(71)83)87(59-23-11-9-12-24-59)63-41-47-73-69-43-35-55(49-77(69)85(5,6)81(73)53-63)33-37-57-21-19-30-66-58(22-20-29-65(57)66)38-34-56-36-44-70-74-48-42-64(54-82(74)86(7,8)78(70)50-56)88(60-25-13-10-14-26-60)62-40-46-72-68-28-16-18-32-76(68)84(3,4)80(72)52-62/h9-54H,1-8H3/b37-33+,38-34+. The van der Waals surface area contributed by atoms with Gasteiger partial charge in [-0.1, -0.05) is 262 Å². The third-order valence-corrected chi connectivity index (χ3v) is 20.5. The minimum Gasteiger partial charge on any atom is -0.310 e. The van der Waals surface area contributed by atoms with Crippen molar-refractivity contribution < 1.29 is 0 Å². The van der Waals surface area contributed by atoms with Gasteiger partial charge in [0.25, 0.3) is 0 Å². The molecule has 88 heavy (non-hydrogen) atoms. The molecule has 0 saturated carbocycles. The molecule has 0 fully saturated rings. The molecule has 4 aliphatic rings. The Morgan fingerprint density at radius 2 is 0.500 bits per heavy atom. The Hall–Kier alpha value is -10.0. The van der Waals surface area contributed by atoms with Crippen LogP contribution in [0.5, 0.6) is 0 Å². The summed E-state index contributed by atoms with van der Waals surface area (Å²) in [4.78, 5) is 4.88. The van der Waals surface area contributed by atoms with Gasteiger partial charge < -0.3 is 9.80 Å². The van der Waals surface area contributed by atoms with Crippen LogP contribution in [0.2, 0.25) is 0 Å². The summed E-state index contributed by atoms with van der Waals surface area (Å²) in [7, 11) is 0. The van der Waals surface area contributed by atoms with Crippen LogP contribution in [0.15, 0.2) is 255 Å². The summed E-state index contributed by atoms with van der Waals surface area (Å²) in [6.45, 7) is 19.0. The lowest BCUT2D eigenvalue weighted by Gasteiger charge is -2.29. The van der Waals surface area contributed by atoms with E-state index in [0.717, 1.165) is 22.7 Å². The van der Waals surface area contributed by atoms with Crippen LogP contribution in [0, 0.1) is 0 Å². The van der Waals surface area contributed by atoms with Crippen LogP contribution in [-0.2, 0) is 21.7 Å². The van der Waals surface area contributed by atoms with Gasteiger partial charge in [-0.2, -0.15) is 0 Å². The number of nitrogens with zero attached hydrogens (tertiary/aromatic N) is 2. The molecular weight excluding hydrogens is 1060 g/mol. The van der Waals surface area contributed by atoms with E-state index in [2.05, 4.69) is 344 Å². The van der Waals surface area contributed by atoms with E-state index in [0.29, 0.717) is 0 Å². The highest BCUT2D eigenvalue weighted by Crippen LogP contribution is 2.56. The molecule has 4 aliphatic carbocycles. The van der Waals surface area contributed by atoms with E-state index in [1.807, 2.05) is 0 Å². The highest BCUT2D eigenvalue weighted by Gasteiger charge is 2.40. The third-order valence-electron chi connectivity index (χ3n) is 20.5. The first kappa shape index (κ1) is 53.5. The van der Waals surface area contributed by atoms with E-state index in [1.54, 1.807) is 0 Å². The number of anilines is 6. The van der Waals surface area contributed by atoms with Gasteiger partial charge >= 0.3 is 0 Å². The van der Waals surface area contributed by atoms with E-state index in [4.69, 9.17) is 0 Å². The molecule has 0 aromatic heterocycles. The van der Waals surface area contributed by atoms with Crippen LogP contribution in [-0.4, -0.2) is 0 Å². The first-order valence-corrected chi connectivity index (χ1v) is 31.3. The van der Waals surface area contributed by atoms with Crippen LogP contribution in [0.25, 0.3) is 79.6 Å². The zero-order valence-corrected chi connectivity index (χ0v) is 51.5. The fraction of sp³-hybridized carbons (Fsp3) is 0.140. The van der Waals surface area contributed by atoms with Crippen LogP contribution in [0.4, 0.5) is 34.1 Å². The Morgan fingerprint density at radius 3 is 0.852 bits per heavy atom. The van der Waals surface area contributed by atoms with Crippen molar-refractivity contribution in [2.75, 3.05) is 9.80 Å². The maximum absolute atomic E-state index is 2.45. The Morgan fingerprint density at radius 1 is 0.216 bits per heavy atom. The number of hydrogen-bond acceptors (Lipinski definition) is 2. The molecular formula is C86H70N2. The summed E-state index contributed by atoms with van der Waals surface area (Å²) in [6.07, 6.45) is 9.20. The van der Waals surface area contributed by atoms with Crippen LogP contribution in [0.1, 0.15) is 122 Å². The SMILES string of the molecule is CC1(C)c2ccccc2-c2ccc(N(c3ccccc3)c3ccc4c(c3)C(C)(C)c3cc(/C=C/c5cccc6c(/C=C/c7ccc8c(c7)C(C)(C)c7cc(N(c9ccccc9)c9ccc%10c(c9)C(C)(C)c9ccccc9-%10)ccc7-8)cccc56)ccc3-4)cc21. The van der Waals surface area contributed by atoms with Gasteiger partial charge in [-0.05, 0) is 195 Å². The van der Waals surface area contributed by atoms with Gasteiger partial charge in [-0.3, -0.25) is 0 Å². The molecule has 0 saturated heterocycles. The fourth-order valence-corrected chi connectivity index (χ4v) is 15.7. The number of para-hydroxylation sites is 2. The lowest BCUT2D eigenvalue weighted by molar-refractivity contribution is 0.659. The second-order valence-corrected chi connectivity index (χ2v) is 26.9. The quantitative estimate of drug-likeness (QED) is 0.126. The van der Waals surface area contributed by atoms with Gasteiger partial charge in [-0.25, -0.2) is 0 Å². The summed E-state index contributed by atoms with van der Waals surface area (Å²) >= 11 is 0. The maximum atomic E-state index is 2.45. The molecule has 16 rings (SSSR count). The second-order valence-electron chi connectivity index (χ2n) is 26.9. The zero-order chi connectivity index (χ0) is 59.8. The lowest BCUT2D eigenvalue weighted by atomic mass is 9.81. The van der Waals surface area contributed by atoms with E-state index < -0.39 is 0 Å². The van der Waals surface area contributed by atoms with Crippen molar-refractivity contribution in [3.05, 3.63) is 322 Å². The summed E-state index contributed by atoms with van der Waals surface area (Å²) < 4.78 is 0. The van der Waals surface area contributed by atoms with Gasteiger partial charge in [0.1, 0.15) is 0 Å². The Bertz CT molecular complexity index is 4600. The molecule has 12 aromatic carbocycles. The molecule has 424 valence electrons. The molecule has 0 heterocycles. The number of benzene rings is 12. The normalized spacial score (nSPS) is 15.3. The molecule has 0 radical (unpaired) electrons. The van der Waals surface area contributed by atoms with Crippen molar-refractivity contribution >= 4 is 69.2 Å². The number of fused-ring (bicyclic) bond motifs is 13. The average Bonchev–Trinajstić information content (AvgIpc) is 1.66. The number of rotatable bonds is 10. The Kier molecular flexibility index (Phi) is 12.0. The minimum atomic E-state index is -0.211. The molecule has 12 aromatic rings. The van der Waals surface area contributed by atoms with Gasteiger partial charge in [0.15, 0.2) is 0 Å². The van der Waals surface area contributed by atoms with Crippen LogP contribution >= 0.6 is 0 Å². The van der Waals surface area contributed by atoms with Crippen molar-refractivity contribution in [2.24, 2.45) is 0 Å². The van der Waals surface area contributed by atoms with Crippen LogP contribution < -0.4 is 9.80 Å². The minimum absolute atomic E-state index is 0.0952. The largest absolute Gasteiger partial charge is 0.310 e. The van der Waals surface area contributed by atoms with E-state index >= 15 is 0 Å². The Labute approximate surface area is 519 Å². The molecule has 0 amide bonds. The average molecular weight is 1130 g/mol. The second kappa shape index (κ2) is 19.8. The fourth-order valence-electron chi connectivity index (χ4n) is 15.7. The van der Waals surface area contributed by atoms with Crippen molar-refractivity contribution in [1.29, 1.82) is 0 Å². The van der Waals surface area contributed by atoms with Crippen molar-refractivity contribution in [3.63, 3.8) is 0 Å². The number of hydrogen-bond donors (Lipinski definition) is 0. The smallest absolute Gasteiger partial charge is 0.0465 e. The molecule has 0 unspecified atom stereocenters. The monoisotopic (exact) mass is 1130 g/mol. The zero-order valence-electron chi connectivity index (χ0n) is 51.5. The van der Waals surface area contributed by atoms with Crippen molar-refractivity contribution in [2.45, 2.75) is 77.0 Å². The summed E-state index contributed by atoms with van der Waals surface area (Å²) in [5, 5.41) is 2.47. The molecule has 0 aliphatic heterocycles.